The van der Waals surface area contributed by atoms with Crippen LogP contribution in [0.3, 0.4) is 0 Å². The zero-order valence-electron chi connectivity index (χ0n) is 7.81. The first-order valence-electron chi connectivity index (χ1n) is 4.48. The monoisotopic (exact) mass is 185 g/mol. The van der Waals surface area contributed by atoms with E-state index in [1.807, 2.05) is 29.3 Å². The largest absolute Gasteiger partial charge is 0.341 e. The Morgan fingerprint density at radius 2 is 2.21 bits per heavy atom. The lowest BCUT2D eigenvalue weighted by molar-refractivity contribution is -0.106. The Morgan fingerprint density at radius 3 is 3.00 bits per heavy atom. The predicted octanol–water partition coefficient (Wildman–Crippen LogP) is 2.19. The number of aldehydes is 1. The van der Waals surface area contributed by atoms with E-state index < -0.39 is 0 Å². The van der Waals surface area contributed by atoms with Crippen molar-refractivity contribution >= 4 is 12.4 Å². The first-order chi connectivity index (χ1) is 6.81. The molecule has 1 aliphatic rings. The molecule has 0 bridgehead atoms. The molecule has 0 aliphatic carbocycles. The first kappa shape index (κ1) is 8.75. The molecule has 2 heteroatoms. The Labute approximate surface area is 83.2 Å². The van der Waals surface area contributed by atoms with Gasteiger partial charge in [-0.2, -0.15) is 0 Å². The molecule has 1 aliphatic heterocycles. The van der Waals surface area contributed by atoms with E-state index in [0.29, 0.717) is 5.70 Å². The van der Waals surface area contributed by atoms with Gasteiger partial charge in [0.1, 0.15) is 0 Å². The van der Waals surface area contributed by atoms with Gasteiger partial charge >= 0.3 is 0 Å². The SMILES string of the molecule is C=C(C=O)N1C=Cc2ccccc2C1. The van der Waals surface area contributed by atoms with Gasteiger partial charge in [-0.1, -0.05) is 30.8 Å². The maximum absolute atomic E-state index is 10.5. The highest BCUT2D eigenvalue weighted by Crippen LogP contribution is 2.20. The van der Waals surface area contributed by atoms with Crippen molar-refractivity contribution in [1.29, 1.82) is 0 Å². The number of allylic oxidation sites excluding steroid dienone is 1. The van der Waals surface area contributed by atoms with Crippen LogP contribution in [-0.4, -0.2) is 11.2 Å². The lowest BCUT2D eigenvalue weighted by atomic mass is 10.0. The molecule has 0 radical (unpaired) electrons. The highest BCUT2D eigenvalue weighted by atomic mass is 16.1. The summed E-state index contributed by atoms with van der Waals surface area (Å²) in [5.74, 6) is 0. The van der Waals surface area contributed by atoms with Crippen LogP contribution in [0.1, 0.15) is 11.1 Å². The third-order valence-corrected chi connectivity index (χ3v) is 2.33. The molecule has 1 heterocycles. The van der Waals surface area contributed by atoms with Crippen molar-refractivity contribution in [2.24, 2.45) is 0 Å². The molecule has 2 nitrogen and oxygen atoms in total. The summed E-state index contributed by atoms with van der Waals surface area (Å²) in [5.41, 5.74) is 2.93. The third kappa shape index (κ3) is 1.46. The number of fused-ring (bicyclic) bond motifs is 1. The minimum Gasteiger partial charge on any atom is -0.341 e. The Bertz CT molecular complexity index is 407. The van der Waals surface area contributed by atoms with Crippen LogP contribution in [0, 0.1) is 0 Å². The summed E-state index contributed by atoms with van der Waals surface area (Å²) >= 11 is 0. The molecule has 0 saturated heterocycles. The highest BCUT2D eigenvalue weighted by molar-refractivity contribution is 5.72. The fourth-order valence-electron chi connectivity index (χ4n) is 1.51. The van der Waals surface area contributed by atoms with E-state index in [4.69, 9.17) is 0 Å². The Morgan fingerprint density at radius 1 is 1.43 bits per heavy atom. The quantitative estimate of drug-likeness (QED) is 0.520. The lowest BCUT2D eigenvalue weighted by Gasteiger charge is -2.24. The van der Waals surface area contributed by atoms with Crippen LogP contribution in [-0.2, 0) is 11.3 Å². The van der Waals surface area contributed by atoms with Gasteiger partial charge in [-0.05, 0) is 17.2 Å². The molecule has 2 rings (SSSR count). The minimum atomic E-state index is 0.496. The van der Waals surface area contributed by atoms with Crippen LogP contribution in [0.5, 0.6) is 0 Å². The summed E-state index contributed by atoms with van der Waals surface area (Å²) in [5, 5.41) is 0. The molecule has 0 fully saturated rings. The summed E-state index contributed by atoms with van der Waals surface area (Å²) in [6.45, 7) is 4.40. The summed E-state index contributed by atoms with van der Waals surface area (Å²) in [6.07, 6.45) is 4.66. The zero-order valence-corrected chi connectivity index (χ0v) is 7.81. The van der Waals surface area contributed by atoms with Crippen molar-refractivity contribution in [3.05, 3.63) is 53.9 Å². The maximum atomic E-state index is 10.5. The molecule has 1 aromatic rings. The molecule has 0 N–H and O–H groups in total. The smallest absolute Gasteiger partial charge is 0.165 e. The van der Waals surface area contributed by atoms with E-state index in [2.05, 4.69) is 18.7 Å². The molecule has 0 aromatic heterocycles. The molecule has 14 heavy (non-hydrogen) atoms. The van der Waals surface area contributed by atoms with E-state index in [9.17, 15) is 4.79 Å². The van der Waals surface area contributed by atoms with Crippen LogP contribution >= 0.6 is 0 Å². The number of benzene rings is 1. The molecule has 0 amide bonds. The second-order valence-electron chi connectivity index (χ2n) is 3.25. The summed E-state index contributed by atoms with van der Waals surface area (Å²) in [4.78, 5) is 12.4. The van der Waals surface area contributed by atoms with Crippen molar-refractivity contribution < 1.29 is 4.79 Å². The first-order valence-corrected chi connectivity index (χ1v) is 4.48. The highest BCUT2D eigenvalue weighted by Gasteiger charge is 2.11. The number of carbonyl (C=O) groups excluding carboxylic acids is 1. The predicted molar refractivity (Wildman–Crippen MR) is 56.2 cm³/mol. The molecule has 0 saturated carbocycles. The standard InChI is InChI=1S/C12H11NO/c1-10(9-14)13-7-6-11-4-2-3-5-12(11)8-13/h2-7,9H,1,8H2. The van der Waals surface area contributed by atoms with E-state index >= 15 is 0 Å². The van der Waals surface area contributed by atoms with Gasteiger partial charge in [0, 0.05) is 12.7 Å². The summed E-state index contributed by atoms with van der Waals surface area (Å²) in [6, 6.07) is 8.13. The van der Waals surface area contributed by atoms with Crippen molar-refractivity contribution in [1.82, 2.24) is 4.90 Å². The van der Waals surface area contributed by atoms with E-state index in [-0.39, 0.29) is 0 Å². The van der Waals surface area contributed by atoms with Crippen LogP contribution in [0.4, 0.5) is 0 Å². The Kier molecular flexibility index (Phi) is 2.19. The minimum absolute atomic E-state index is 0.496. The Balaban J connectivity index is 2.29. The molecular weight excluding hydrogens is 174 g/mol. The Hall–Kier alpha value is -1.83. The number of carbonyl (C=O) groups is 1. The van der Waals surface area contributed by atoms with Gasteiger partial charge in [-0.3, -0.25) is 4.79 Å². The van der Waals surface area contributed by atoms with Gasteiger partial charge in [-0.15, -0.1) is 0 Å². The van der Waals surface area contributed by atoms with Crippen molar-refractivity contribution in [3.63, 3.8) is 0 Å². The fourth-order valence-corrected chi connectivity index (χ4v) is 1.51. The zero-order chi connectivity index (χ0) is 9.97. The summed E-state index contributed by atoms with van der Waals surface area (Å²) < 4.78 is 0. The number of hydrogen-bond acceptors (Lipinski definition) is 2. The molecular formula is C12H11NO. The van der Waals surface area contributed by atoms with E-state index in [0.717, 1.165) is 12.8 Å². The normalized spacial score (nSPS) is 13.6. The number of nitrogens with zero attached hydrogens (tertiary/aromatic N) is 1. The van der Waals surface area contributed by atoms with Gasteiger partial charge in [0.2, 0.25) is 0 Å². The second kappa shape index (κ2) is 3.50. The average Bonchev–Trinajstić information content (AvgIpc) is 2.27. The van der Waals surface area contributed by atoms with Crippen LogP contribution in [0.25, 0.3) is 6.08 Å². The number of rotatable bonds is 2. The van der Waals surface area contributed by atoms with Gasteiger partial charge in [-0.25, -0.2) is 0 Å². The van der Waals surface area contributed by atoms with Gasteiger partial charge in [0.25, 0.3) is 0 Å². The topological polar surface area (TPSA) is 20.3 Å². The lowest BCUT2D eigenvalue weighted by Crippen LogP contribution is -2.19. The van der Waals surface area contributed by atoms with E-state index in [1.165, 1.54) is 11.1 Å². The molecule has 0 unspecified atom stereocenters. The van der Waals surface area contributed by atoms with Gasteiger partial charge in [0.15, 0.2) is 6.29 Å². The number of hydrogen-bond donors (Lipinski definition) is 0. The third-order valence-electron chi connectivity index (χ3n) is 2.33. The molecule has 1 aromatic carbocycles. The molecule has 0 atom stereocenters. The molecule has 0 spiro atoms. The van der Waals surface area contributed by atoms with Crippen LogP contribution in [0.15, 0.2) is 42.7 Å². The average molecular weight is 185 g/mol. The van der Waals surface area contributed by atoms with Crippen molar-refractivity contribution in [2.75, 3.05) is 0 Å². The second-order valence-corrected chi connectivity index (χ2v) is 3.25. The van der Waals surface area contributed by atoms with E-state index in [1.54, 1.807) is 0 Å². The fraction of sp³-hybridized carbons (Fsp3) is 0.0833. The molecule has 70 valence electrons. The maximum Gasteiger partial charge on any atom is 0.165 e. The van der Waals surface area contributed by atoms with Crippen molar-refractivity contribution in [2.45, 2.75) is 6.54 Å². The van der Waals surface area contributed by atoms with Crippen LogP contribution < -0.4 is 0 Å². The van der Waals surface area contributed by atoms with Gasteiger partial charge < -0.3 is 4.90 Å². The summed E-state index contributed by atoms with van der Waals surface area (Å²) in [7, 11) is 0. The van der Waals surface area contributed by atoms with Crippen molar-refractivity contribution in [3.8, 4) is 0 Å². The van der Waals surface area contributed by atoms with Gasteiger partial charge in [0.05, 0.1) is 5.70 Å². The van der Waals surface area contributed by atoms with Crippen LogP contribution in [0.2, 0.25) is 0 Å².